The van der Waals surface area contributed by atoms with E-state index in [-0.39, 0.29) is 24.0 Å². The van der Waals surface area contributed by atoms with Crippen LogP contribution in [0.5, 0.6) is 5.75 Å². The van der Waals surface area contributed by atoms with Gasteiger partial charge in [0, 0.05) is 20.1 Å². The Labute approximate surface area is 277 Å². The average molecular weight is 649 g/mol. The smallest absolute Gasteiger partial charge is 0.325 e. The summed E-state index contributed by atoms with van der Waals surface area (Å²) in [5, 5.41) is 17.2. The van der Waals surface area contributed by atoms with E-state index < -0.39 is 54.0 Å². The molecular weight excluding hydrogens is 600 g/mol. The van der Waals surface area contributed by atoms with E-state index in [0.717, 1.165) is 11.1 Å². The minimum absolute atomic E-state index is 0.0303. The Bertz CT molecular complexity index is 1440. The van der Waals surface area contributed by atoms with Gasteiger partial charge in [-0.25, -0.2) is 5.43 Å². The summed E-state index contributed by atoms with van der Waals surface area (Å²) in [4.78, 5) is 54.5. The molecule has 2 aliphatic rings. The molecule has 0 aliphatic carbocycles. The molecule has 2 aliphatic heterocycles. The standard InChI is InChI=1S/C36H48N4O7/c1-22(2)32-34(43)37-30(21-26-13-9-15-28(41)20-26)35(44)40-18-10-16-29(39-40)36(45)47-24(4)27-14-8-12-25(19-27)11-6-7-17-31(46-5)23(3)33(42)38-32/h6,8-9,11-15,19-20,22-24,29-32,39,41H,7,10,16-18,21H2,1-5H3,(H,37,43)(H,38,42)/b11-6-/t23-,24-,29+,30+,31-,32+/m1/s1. The summed E-state index contributed by atoms with van der Waals surface area (Å²) in [6.07, 6.45) is 5.43. The number of carbonyl (C=O) groups excluding carboxylic acids is 4. The third kappa shape index (κ3) is 9.65. The van der Waals surface area contributed by atoms with Gasteiger partial charge in [0.25, 0.3) is 5.91 Å². The fourth-order valence-electron chi connectivity index (χ4n) is 5.96. The molecule has 4 rings (SSSR count). The van der Waals surface area contributed by atoms with E-state index in [1.165, 1.54) is 17.1 Å². The molecule has 0 spiro atoms. The number of hydrogen-bond acceptors (Lipinski definition) is 8. The molecule has 0 saturated carbocycles. The van der Waals surface area contributed by atoms with E-state index in [4.69, 9.17) is 9.47 Å². The lowest BCUT2D eigenvalue weighted by Gasteiger charge is -2.36. The van der Waals surface area contributed by atoms with E-state index in [1.807, 2.05) is 57.2 Å². The van der Waals surface area contributed by atoms with Crippen molar-refractivity contribution in [3.8, 4) is 5.75 Å². The maximum Gasteiger partial charge on any atom is 0.325 e. The number of benzene rings is 2. The largest absolute Gasteiger partial charge is 0.508 e. The monoisotopic (exact) mass is 648 g/mol. The molecule has 6 atom stereocenters. The molecule has 2 heterocycles. The first kappa shape index (κ1) is 35.6. The van der Waals surface area contributed by atoms with E-state index in [1.54, 1.807) is 26.2 Å². The van der Waals surface area contributed by atoms with Gasteiger partial charge in [-0.2, -0.15) is 0 Å². The lowest BCUT2D eigenvalue weighted by Crippen LogP contribution is -2.62. The van der Waals surface area contributed by atoms with Gasteiger partial charge in [0.1, 0.15) is 30.0 Å². The number of carbonyl (C=O) groups is 4. The van der Waals surface area contributed by atoms with Crippen LogP contribution in [0.3, 0.4) is 0 Å². The summed E-state index contributed by atoms with van der Waals surface area (Å²) >= 11 is 0. The quantitative estimate of drug-likeness (QED) is 0.366. The molecule has 1 saturated heterocycles. The first-order valence-electron chi connectivity index (χ1n) is 16.4. The third-order valence-electron chi connectivity index (χ3n) is 8.82. The molecule has 0 unspecified atom stereocenters. The maximum atomic E-state index is 14.0. The minimum atomic E-state index is -1.06. The zero-order valence-corrected chi connectivity index (χ0v) is 27.9. The molecule has 47 heavy (non-hydrogen) atoms. The first-order valence-corrected chi connectivity index (χ1v) is 16.4. The van der Waals surface area contributed by atoms with Crippen molar-refractivity contribution in [1.82, 2.24) is 21.1 Å². The van der Waals surface area contributed by atoms with Crippen molar-refractivity contribution in [3.63, 3.8) is 0 Å². The number of phenolic OH excluding ortho intramolecular Hbond substituents is 1. The van der Waals surface area contributed by atoms with Crippen LogP contribution in [0.25, 0.3) is 6.08 Å². The molecule has 11 nitrogen and oxygen atoms in total. The molecule has 0 aromatic heterocycles. The normalized spacial score (nSPS) is 27.6. The van der Waals surface area contributed by atoms with E-state index in [0.29, 0.717) is 37.8 Å². The van der Waals surface area contributed by atoms with Crippen molar-refractivity contribution >= 4 is 29.8 Å². The number of nitrogens with one attached hydrogen (secondary N) is 3. The van der Waals surface area contributed by atoms with Crippen molar-refractivity contribution in [2.45, 2.75) is 90.1 Å². The van der Waals surface area contributed by atoms with Gasteiger partial charge in [-0.15, -0.1) is 0 Å². The van der Waals surface area contributed by atoms with Crippen LogP contribution in [0.15, 0.2) is 54.6 Å². The number of aromatic hydroxyl groups is 1. The predicted molar refractivity (Wildman–Crippen MR) is 178 cm³/mol. The van der Waals surface area contributed by atoms with Gasteiger partial charge in [-0.3, -0.25) is 24.2 Å². The second-order valence-corrected chi connectivity index (χ2v) is 12.8. The predicted octanol–water partition coefficient (Wildman–Crippen LogP) is 3.82. The molecule has 1 fully saturated rings. The van der Waals surface area contributed by atoms with Gasteiger partial charge in [-0.05, 0) is 73.4 Å². The molecule has 4 bridgehead atoms. The maximum absolute atomic E-state index is 14.0. The fraction of sp³-hybridized carbons (Fsp3) is 0.500. The van der Waals surface area contributed by atoms with Gasteiger partial charge < -0.3 is 25.2 Å². The molecule has 4 N–H and O–H groups in total. The molecule has 2 aromatic carbocycles. The number of nitrogens with zero attached hydrogens (tertiary/aromatic N) is 1. The summed E-state index contributed by atoms with van der Waals surface area (Å²) in [5.74, 6) is -2.57. The molecular formula is C36H48N4O7. The van der Waals surface area contributed by atoms with Crippen LogP contribution in [0, 0.1) is 11.8 Å². The summed E-state index contributed by atoms with van der Waals surface area (Å²) in [5.41, 5.74) is 5.44. The number of amides is 3. The average Bonchev–Trinajstić information content (AvgIpc) is 3.05. The minimum Gasteiger partial charge on any atom is -0.508 e. The van der Waals surface area contributed by atoms with Crippen molar-refractivity contribution in [2.24, 2.45) is 11.8 Å². The number of phenols is 1. The van der Waals surface area contributed by atoms with E-state index >= 15 is 0 Å². The topological polar surface area (TPSA) is 146 Å². The summed E-state index contributed by atoms with van der Waals surface area (Å²) in [7, 11) is 1.57. The Balaban J connectivity index is 1.66. The number of methoxy groups -OCH3 is 1. The SMILES string of the molecule is CO[C@@H]1CC/C=C\c2cccc(c2)[C@@H](C)OC(=O)[C@@H]2CCCN(N2)C(=O)[C@H](Cc2cccc(O)c2)NC(=O)[C@H](C(C)C)NC(=O)[C@@H]1C. The number of esters is 1. The van der Waals surface area contributed by atoms with Crippen LogP contribution in [0.2, 0.25) is 0 Å². The lowest BCUT2D eigenvalue weighted by atomic mass is 9.96. The van der Waals surface area contributed by atoms with Crippen LogP contribution >= 0.6 is 0 Å². The third-order valence-corrected chi connectivity index (χ3v) is 8.82. The Kier molecular flexibility index (Phi) is 12.6. The highest BCUT2D eigenvalue weighted by molar-refractivity contribution is 5.93. The van der Waals surface area contributed by atoms with Crippen molar-refractivity contribution in [2.75, 3.05) is 13.7 Å². The van der Waals surface area contributed by atoms with Crippen LogP contribution < -0.4 is 16.1 Å². The summed E-state index contributed by atoms with van der Waals surface area (Å²) in [6, 6.07) is 11.5. The molecule has 0 radical (unpaired) electrons. The summed E-state index contributed by atoms with van der Waals surface area (Å²) in [6.45, 7) is 7.55. The Morgan fingerprint density at radius 1 is 1.00 bits per heavy atom. The second kappa shape index (κ2) is 16.6. The number of hydrogen-bond donors (Lipinski definition) is 4. The highest BCUT2D eigenvalue weighted by Gasteiger charge is 2.36. The van der Waals surface area contributed by atoms with E-state index in [9.17, 15) is 24.3 Å². The van der Waals surface area contributed by atoms with Crippen molar-refractivity contribution in [1.29, 1.82) is 0 Å². The van der Waals surface area contributed by atoms with Gasteiger partial charge in [0.15, 0.2) is 0 Å². The highest BCUT2D eigenvalue weighted by atomic mass is 16.5. The van der Waals surface area contributed by atoms with Crippen LogP contribution in [0.4, 0.5) is 0 Å². The number of ether oxygens (including phenoxy) is 2. The number of allylic oxidation sites excluding steroid dienone is 1. The van der Waals surface area contributed by atoms with Gasteiger partial charge in [-0.1, -0.05) is 63.3 Å². The number of hydrazine groups is 1. The fourth-order valence-corrected chi connectivity index (χ4v) is 5.96. The lowest BCUT2D eigenvalue weighted by molar-refractivity contribution is -0.157. The molecule has 3 amide bonds. The van der Waals surface area contributed by atoms with Gasteiger partial charge >= 0.3 is 5.97 Å². The molecule has 254 valence electrons. The van der Waals surface area contributed by atoms with Crippen LogP contribution in [-0.2, 0) is 35.1 Å². The summed E-state index contributed by atoms with van der Waals surface area (Å²) < 4.78 is 11.5. The second-order valence-electron chi connectivity index (χ2n) is 12.8. The first-order chi connectivity index (χ1) is 22.5. The molecule has 2 aromatic rings. The zero-order valence-electron chi connectivity index (χ0n) is 27.9. The highest BCUT2D eigenvalue weighted by Crippen LogP contribution is 2.23. The van der Waals surface area contributed by atoms with Gasteiger partial charge in [0.2, 0.25) is 11.8 Å². The number of fused-ring (bicyclic) bond motifs is 4. The van der Waals surface area contributed by atoms with Gasteiger partial charge in [0.05, 0.1) is 12.0 Å². The molecule has 11 heteroatoms. The van der Waals surface area contributed by atoms with Crippen molar-refractivity contribution in [3.05, 3.63) is 71.3 Å². The van der Waals surface area contributed by atoms with Crippen LogP contribution in [0.1, 0.15) is 76.2 Å². The van der Waals surface area contributed by atoms with E-state index in [2.05, 4.69) is 16.1 Å². The van der Waals surface area contributed by atoms with Crippen molar-refractivity contribution < 1.29 is 33.8 Å². The number of cyclic esters (lactones) is 1. The Hall–Kier alpha value is -4.22. The Morgan fingerprint density at radius 3 is 2.49 bits per heavy atom. The Morgan fingerprint density at radius 2 is 1.77 bits per heavy atom. The zero-order chi connectivity index (χ0) is 34.1. The number of rotatable bonds is 4. The van der Waals surface area contributed by atoms with Crippen LogP contribution in [-0.4, -0.2) is 71.7 Å².